The highest BCUT2D eigenvalue weighted by atomic mass is 19.1. The van der Waals surface area contributed by atoms with Gasteiger partial charge in [-0.15, -0.1) is 0 Å². The number of carbonyl (C=O) groups is 1. The molecular formula is C37H46FN3O5. The molecule has 3 aromatic rings. The number of azide groups is 1. The van der Waals surface area contributed by atoms with Crippen LogP contribution in [0.1, 0.15) is 88.0 Å². The van der Waals surface area contributed by atoms with Crippen molar-refractivity contribution in [2.24, 2.45) is 16.4 Å². The summed E-state index contributed by atoms with van der Waals surface area (Å²) in [4.78, 5) is 14.9. The molecule has 0 aliphatic heterocycles. The monoisotopic (exact) mass is 631 g/mol. The lowest BCUT2D eigenvalue weighted by Crippen LogP contribution is -2.23. The van der Waals surface area contributed by atoms with Gasteiger partial charge in [-0.1, -0.05) is 56.6 Å². The lowest BCUT2D eigenvalue weighted by atomic mass is 9.81. The largest absolute Gasteiger partial charge is 0.497 e. The summed E-state index contributed by atoms with van der Waals surface area (Å²) in [7, 11) is 3.00. The van der Waals surface area contributed by atoms with Gasteiger partial charge in [-0.2, -0.15) is 0 Å². The molecule has 1 fully saturated rings. The summed E-state index contributed by atoms with van der Waals surface area (Å²) >= 11 is 0. The summed E-state index contributed by atoms with van der Waals surface area (Å²) in [5.41, 5.74) is 12.3. The predicted molar refractivity (Wildman–Crippen MR) is 177 cm³/mol. The summed E-state index contributed by atoms with van der Waals surface area (Å²) in [5, 5.41) is 3.61. The van der Waals surface area contributed by atoms with Gasteiger partial charge >= 0.3 is 5.97 Å². The Hall–Kier alpha value is -4.07. The number of carbonyl (C=O) groups excluding carboxylic acids is 1. The molecule has 0 unspecified atom stereocenters. The Labute approximate surface area is 271 Å². The Kier molecular flexibility index (Phi) is 12.5. The number of esters is 1. The maximum Gasteiger partial charge on any atom is 0.306 e. The van der Waals surface area contributed by atoms with Crippen LogP contribution in [0.5, 0.6) is 11.5 Å². The summed E-state index contributed by atoms with van der Waals surface area (Å²) in [6.45, 7) is 7.63. The zero-order chi connectivity index (χ0) is 33.1. The van der Waals surface area contributed by atoms with Gasteiger partial charge in [0.2, 0.25) is 0 Å². The van der Waals surface area contributed by atoms with Crippen molar-refractivity contribution in [1.29, 1.82) is 0 Å². The summed E-state index contributed by atoms with van der Waals surface area (Å²) in [6.07, 6.45) is 4.73. The Bertz CT molecular complexity index is 1510. The van der Waals surface area contributed by atoms with E-state index in [1.165, 1.54) is 13.2 Å². The topological polar surface area (TPSA) is 103 Å². The molecular weight excluding hydrogens is 585 g/mol. The van der Waals surface area contributed by atoms with Gasteiger partial charge in [-0.05, 0) is 107 Å². The van der Waals surface area contributed by atoms with Gasteiger partial charge in [-0.3, -0.25) is 4.79 Å². The molecule has 0 N–H and O–H groups in total. The number of nitrogens with zero attached hydrogens (tertiary/aromatic N) is 3. The first kappa shape index (κ1) is 34.8. The highest BCUT2D eigenvalue weighted by molar-refractivity contribution is 5.71. The van der Waals surface area contributed by atoms with Crippen LogP contribution in [0.4, 0.5) is 4.39 Å². The molecule has 2 atom stereocenters. The fourth-order valence-electron chi connectivity index (χ4n) is 5.84. The summed E-state index contributed by atoms with van der Waals surface area (Å²) in [5.74, 6) is 1.35. The maximum absolute atomic E-state index is 15.3. The van der Waals surface area contributed by atoms with E-state index in [2.05, 4.69) is 42.9 Å². The molecule has 1 aliphatic carbocycles. The highest BCUT2D eigenvalue weighted by Gasteiger charge is 2.34. The predicted octanol–water partition coefficient (Wildman–Crippen LogP) is 9.72. The molecule has 246 valence electrons. The van der Waals surface area contributed by atoms with Crippen LogP contribution in [-0.2, 0) is 20.9 Å². The van der Waals surface area contributed by atoms with Gasteiger partial charge in [0.15, 0.2) is 0 Å². The van der Waals surface area contributed by atoms with E-state index >= 15 is 4.39 Å². The third kappa shape index (κ3) is 9.71. The molecule has 0 radical (unpaired) electrons. The smallest absolute Gasteiger partial charge is 0.306 e. The van der Waals surface area contributed by atoms with Crippen molar-refractivity contribution in [3.8, 4) is 22.6 Å². The van der Waals surface area contributed by atoms with Gasteiger partial charge in [0, 0.05) is 23.6 Å². The molecule has 1 saturated carbocycles. The van der Waals surface area contributed by atoms with Crippen molar-refractivity contribution in [2.45, 2.75) is 77.9 Å². The Morgan fingerprint density at radius 1 is 1.00 bits per heavy atom. The zero-order valence-corrected chi connectivity index (χ0v) is 27.6. The first-order valence-corrected chi connectivity index (χ1v) is 16.0. The third-order valence-electron chi connectivity index (χ3n) is 8.40. The van der Waals surface area contributed by atoms with E-state index in [0.29, 0.717) is 43.4 Å². The molecule has 4 rings (SSSR count). The number of ether oxygens (including phenoxy) is 4. The first-order valence-electron chi connectivity index (χ1n) is 16.0. The standard InChI is InChI=1S/C37H46FN3O5/c1-37(2,3)36(45-19-8-6-7-18-40-41-39)33-20-25(12-16-30(33)32-22-28(43-4)15-17-34(32)38)24-46-29-11-9-10-27(21-29)31(26-13-14-26)23-35(42)44-5/h9-12,15-17,20-22,26,31,36H,6-8,13-14,18-19,23-24H2,1-5H3/t31-,36+/m0/s1. The van der Waals surface area contributed by atoms with E-state index in [1.54, 1.807) is 19.2 Å². The second kappa shape index (κ2) is 16.5. The van der Waals surface area contributed by atoms with Gasteiger partial charge in [0.25, 0.3) is 0 Å². The average Bonchev–Trinajstić information content (AvgIpc) is 3.89. The van der Waals surface area contributed by atoms with Crippen LogP contribution in [-0.4, -0.2) is 33.3 Å². The van der Waals surface area contributed by atoms with Crippen LogP contribution in [0, 0.1) is 17.2 Å². The van der Waals surface area contributed by atoms with Crippen LogP contribution >= 0.6 is 0 Å². The average molecular weight is 632 g/mol. The molecule has 0 heterocycles. The normalized spacial score (nSPS) is 14.2. The first-order chi connectivity index (χ1) is 22.1. The number of rotatable bonds is 17. The lowest BCUT2D eigenvalue weighted by molar-refractivity contribution is -0.141. The molecule has 3 aromatic carbocycles. The minimum Gasteiger partial charge on any atom is -0.497 e. The Morgan fingerprint density at radius 2 is 1.80 bits per heavy atom. The minimum absolute atomic E-state index is 0.114. The maximum atomic E-state index is 15.3. The van der Waals surface area contributed by atoms with Crippen molar-refractivity contribution in [3.63, 3.8) is 0 Å². The Morgan fingerprint density at radius 3 is 2.50 bits per heavy atom. The van der Waals surface area contributed by atoms with Gasteiger partial charge in [0.05, 0.1) is 26.7 Å². The van der Waals surface area contributed by atoms with Gasteiger partial charge < -0.3 is 18.9 Å². The molecule has 0 aromatic heterocycles. The lowest BCUT2D eigenvalue weighted by Gasteiger charge is -2.33. The number of unbranched alkanes of at least 4 members (excludes halogenated alkanes) is 2. The number of methoxy groups -OCH3 is 2. The van der Waals surface area contributed by atoms with Crippen LogP contribution < -0.4 is 9.47 Å². The highest BCUT2D eigenvalue weighted by Crippen LogP contribution is 2.46. The van der Waals surface area contributed by atoms with Crippen LogP contribution in [0.2, 0.25) is 0 Å². The Balaban J connectivity index is 1.61. The number of hydrogen-bond acceptors (Lipinski definition) is 6. The van der Waals surface area contributed by atoms with Gasteiger partial charge in [0.1, 0.15) is 23.9 Å². The second-order valence-corrected chi connectivity index (χ2v) is 13.0. The second-order valence-electron chi connectivity index (χ2n) is 13.0. The molecule has 0 saturated heterocycles. The molecule has 0 spiro atoms. The van der Waals surface area contributed by atoms with Gasteiger partial charge in [-0.25, -0.2) is 4.39 Å². The molecule has 9 heteroatoms. The fourth-order valence-corrected chi connectivity index (χ4v) is 5.84. The summed E-state index contributed by atoms with van der Waals surface area (Å²) < 4.78 is 38.6. The third-order valence-corrected chi connectivity index (χ3v) is 8.40. The number of benzene rings is 3. The van der Waals surface area contributed by atoms with Crippen LogP contribution in [0.3, 0.4) is 0 Å². The van der Waals surface area contributed by atoms with E-state index < -0.39 is 0 Å². The number of halogens is 1. The summed E-state index contributed by atoms with van der Waals surface area (Å²) in [6, 6.07) is 18.7. The molecule has 0 bridgehead atoms. The number of hydrogen-bond donors (Lipinski definition) is 0. The van der Waals surface area contributed by atoms with E-state index in [0.717, 1.165) is 60.1 Å². The SMILES string of the molecule is COC(=O)C[C@H](c1cccc(OCc2ccc(-c3cc(OC)ccc3F)c([C@@H](OCCCCCN=[N+]=[N-])C(C)(C)C)c2)c1)C1CC1. The van der Waals surface area contributed by atoms with Crippen LogP contribution in [0.25, 0.3) is 21.6 Å². The molecule has 8 nitrogen and oxygen atoms in total. The fraction of sp³-hybridized carbons (Fsp3) is 0.486. The molecule has 46 heavy (non-hydrogen) atoms. The van der Waals surface area contributed by atoms with E-state index in [9.17, 15) is 4.79 Å². The van der Waals surface area contributed by atoms with Crippen molar-refractivity contribution in [3.05, 3.63) is 93.6 Å². The molecule has 0 amide bonds. The van der Waals surface area contributed by atoms with Crippen molar-refractivity contribution >= 4 is 5.97 Å². The van der Waals surface area contributed by atoms with Crippen LogP contribution in [0.15, 0.2) is 65.8 Å². The zero-order valence-electron chi connectivity index (χ0n) is 27.6. The van der Waals surface area contributed by atoms with Crippen molar-refractivity contribution < 1.29 is 28.1 Å². The van der Waals surface area contributed by atoms with E-state index in [1.807, 2.05) is 30.3 Å². The van der Waals surface area contributed by atoms with Crippen molar-refractivity contribution in [1.82, 2.24) is 0 Å². The molecule has 1 aliphatic rings. The minimum atomic E-state index is -0.342. The quantitative estimate of drug-likeness (QED) is 0.0485. The van der Waals surface area contributed by atoms with Crippen molar-refractivity contribution in [2.75, 3.05) is 27.4 Å². The van der Waals surface area contributed by atoms with E-state index in [4.69, 9.17) is 24.5 Å². The van der Waals surface area contributed by atoms with E-state index in [-0.39, 0.29) is 29.2 Å².